The van der Waals surface area contributed by atoms with E-state index >= 15 is 0 Å². The van der Waals surface area contributed by atoms with Gasteiger partial charge < -0.3 is 9.64 Å². The molecule has 1 saturated heterocycles. The lowest BCUT2D eigenvalue weighted by Crippen LogP contribution is -2.55. The van der Waals surface area contributed by atoms with E-state index in [1.165, 1.54) is 27.9 Å². The van der Waals surface area contributed by atoms with Crippen molar-refractivity contribution in [3.8, 4) is 5.75 Å². The van der Waals surface area contributed by atoms with Crippen molar-refractivity contribution in [1.29, 1.82) is 0 Å². The van der Waals surface area contributed by atoms with Gasteiger partial charge in [0.2, 0.25) is 0 Å². The number of methoxy groups -OCH3 is 1. The normalized spacial score (nSPS) is 19.2. The molecule has 0 spiro atoms. The average Bonchev–Trinajstić information content (AvgIpc) is 2.95. The van der Waals surface area contributed by atoms with Crippen LogP contribution in [0.25, 0.3) is 0 Å². The molecule has 1 unspecified atom stereocenters. The van der Waals surface area contributed by atoms with Crippen molar-refractivity contribution in [2.24, 2.45) is 0 Å². The van der Waals surface area contributed by atoms with Crippen LogP contribution in [0.2, 0.25) is 0 Å². The van der Waals surface area contributed by atoms with Gasteiger partial charge in [-0.05, 0) is 41.3 Å². The predicted octanol–water partition coefficient (Wildman–Crippen LogP) is 4.71. The molecule has 1 fully saturated rings. The zero-order valence-electron chi connectivity index (χ0n) is 19.2. The van der Waals surface area contributed by atoms with E-state index in [4.69, 9.17) is 4.74 Å². The minimum Gasteiger partial charge on any atom is -0.496 e. The van der Waals surface area contributed by atoms with Crippen molar-refractivity contribution in [3.05, 3.63) is 95.1 Å². The van der Waals surface area contributed by atoms with Crippen LogP contribution in [-0.4, -0.2) is 49.1 Å². The van der Waals surface area contributed by atoms with Crippen molar-refractivity contribution < 1.29 is 4.74 Å². The maximum Gasteiger partial charge on any atom is 0.121 e. The summed E-state index contributed by atoms with van der Waals surface area (Å²) in [5, 5.41) is 0. The van der Waals surface area contributed by atoms with Gasteiger partial charge in [-0.2, -0.15) is 0 Å². The Balaban J connectivity index is 1.37. The van der Waals surface area contributed by atoms with Gasteiger partial charge in [0.15, 0.2) is 0 Å². The van der Waals surface area contributed by atoms with Crippen LogP contribution in [0.15, 0.2) is 72.8 Å². The molecule has 0 aromatic heterocycles. The molecule has 0 saturated carbocycles. The number of rotatable bonds is 5. The van der Waals surface area contributed by atoms with E-state index in [0.29, 0.717) is 6.04 Å². The number of ether oxygens (including phenoxy) is 1. The Morgan fingerprint density at radius 2 is 1.56 bits per heavy atom. The number of benzene rings is 3. The van der Waals surface area contributed by atoms with Crippen molar-refractivity contribution >= 4 is 5.69 Å². The summed E-state index contributed by atoms with van der Waals surface area (Å²) in [6.45, 7) is 9.48. The van der Waals surface area contributed by atoms with Gasteiger partial charge in [-0.15, -0.1) is 0 Å². The molecule has 4 heteroatoms. The van der Waals surface area contributed by atoms with Gasteiger partial charge >= 0.3 is 0 Å². The summed E-state index contributed by atoms with van der Waals surface area (Å²) in [7, 11) is 1.74. The van der Waals surface area contributed by atoms with Crippen molar-refractivity contribution in [2.45, 2.75) is 32.6 Å². The van der Waals surface area contributed by atoms with Gasteiger partial charge in [-0.1, -0.05) is 60.7 Å². The first-order valence-corrected chi connectivity index (χ1v) is 11.7. The molecule has 0 radical (unpaired) electrons. The fourth-order valence-electron chi connectivity index (χ4n) is 5.32. The molecule has 1 atom stereocenters. The Hall–Kier alpha value is -2.82. The van der Waals surface area contributed by atoms with Crippen LogP contribution in [0.1, 0.15) is 22.3 Å². The second-order valence-electron chi connectivity index (χ2n) is 9.17. The van der Waals surface area contributed by atoms with E-state index < -0.39 is 0 Å². The Kier molecular flexibility index (Phi) is 6.15. The maximum atomic E-state index is 5.46. The number of hydrogen-bond acceptors (Lipinski definition) is 4. The Morgan fingerprint density at radius 3 is 2.38 bits per heavy atom. The number of anilines is 1. The highest BCUT2D eigenvalue weighted by Gasteiger charge is 2.32. The number of para-hydroxylation sites is 1. The molecule has 2 heterocycles. The molecule has 5 rings (SSSR count). The lowest BCUT2D eigenvalue weighted by atomic mass is 10.1. The molecule has 0 aliphatic carbocycles. The summed E-state index contributed by atoms with van der Waals surface area (Å²) in [6, 6.07) is 27.0. The fraction of sp³-hybridized carbons (Fsp3) is 0.357. The van der Waals surface area contributed by atoms with Crippen molar-refractivity contribution in [3.63, 3.8) is 0 Å². The van der Waals surface area contributed by atoms with Gasteiger partial charge in [0.25, 0.3) is 0 Å². The van der Waals surface area contributed by atoms with Crippen LogP contribution in [0.5, 0.6) is 5.75 Å². The molecule has 32 heavy (non-hydrogen) atoms. The molecule has 4 nitrogen and oxygen atoms in total. The molecule has 166 valence electrons. The Morgan fingerprint density at radius 1 is 0.812 bits per heavy atom. The van der Waals surface area contributed by atoms with E-state index in [1.807, 2.05) is 0 Å². The third-order valence-electron chi connectivity index (χ3n) is 6.85. The standard InChI is InChI=1S/C28H33N3O/c1-22-16-24(12-13-28(22)32-2)18-30-19-25-10-6-7-11-27(25)31-15-14-29(20-26(31)21-30)17-23-8-4-3-5-9-23/h3-13,16,26H,14-15,17-21H2,1-2H3. The predicted molar refractivity (Wildman–Crippen MR) is 131 cm³/mol. The first-order valence-electron chi connectivity index (χ1n) is 11.7. The van der Waals surface area contributed by atoms with E-state index in [9.17, 15) is 0 Å². The lowest BCUT2D eigenvalue weighted by Gasteiger charge is -2.43. The number of hydrogen-bond donors (Lipinski definition) is 0. The number of aryl methyl sites for hydroxylation is 1. The van der Waals surface area contributed by atoms with Gasteiger partial charge in [0.1, 0.15) is 5.75 Å². The Labute approximate surface area is 192 Å². The molecular formula is C28H33N3O. The quantitative estimate of drug-likeness (QED) is 0.587. The largest absolute Gasteiger partial charge is 0.496 e. The molecule has 0 bridgehead atoms. The highest BCUT2D eigenvalue weighted by atomic mass is 16.5. The van der Waals surface area contributed by atoms with E-state index in [0.717, 1.165) is 51.6 Å². The van der Waals surface area contributed by atoms with Crippen LogP contribution in [0.4, 0.5) is 5.69 Å². The molecular weight excluding hydrogens is 394 g/mol. The summed E-state index contributed by atoms with van der Waals surface area (Å²) in [5.74, 6) is 0.963. The van der Waals surface area contributed by atoms with Crippen LogP contribution in [-0.2, 0) is 19.6 Å². The Bertz CT molecular complexity index is 1050. The summed E-state index contributed by atoms with van der Waals surface area (Å²) in [5.41, 5.74) is 6.82. The lowest BCUT2D eigenvalue weighted by molar-refractivity contribution is 0.172. The first-order chi connectivity index (χ1) is 15.7. The molecule has 0 N–H and O–H groups in total. The maximum absolute atomic E-state index is 5.46. The summed E-state index contributed by atoms with van der Waals surface area (Å²) in [6.07, 6.45) is 0. The van der Waals surface area contributed by atoms with E-state index in [-0.39, 0.29) is 0 Å². The number of fused-ring (bicyclic) bond motifs is 3. The number of piperazine rings is 1. The minimum absolute atomic E-state index is 0.496. The zero-order valence-corrected chi connectivity index (χ0v) is 19.2. The molecule has 0 amide bonds. The van der Waals surface area contributed by atoms with E-state index in [1.54, 1.807) is 7.11 Å². The van der Waals surface area contributed by atoms with Crippen LogP contribution < -0.4 is 9.64 Å². The zero-order chi connectivity index (χ0) is 21.9. The second kappa shape index (κ2) is 9.35. The fourth-order valence-corrected chi connectivity index (χ4v) is 5.32. The SMILES string of the molecule is COc1ccc(CN2Cc3ccccc3N3CCN(Cc4ccccc4)CC3C2)cc1C. The monoisotopic (exact) mass is 427 g/mol. The average molecular weight is 428 g/mol. The van der Waals surface area contributed by atoms with Crippen LogP contribution in [0.3, 0.4) is 0 Å². The topological polar surface area (TPSA) is 19.0 Å². The summed E-state index contributed by atoms with van der Waals surface area (Å²) >= 11 is 0. The third kappa shape index (κ3) is 4.52. The summed E-state index contributed by atoms with van der Waals surface area (Å²) in [4.78, 5) is 7.91. The van der Waals surface area contributed by atoms with Crippen LogP contribution in [0, 0.1) is 6.92 Å². The summed E-state index contributed by atoms with van der Waals surface area (Å²) < 4.78 is 5.46. The van der Waals surface area contributed by atoms with Crippen molar-refractivity contribution in [1.82, 2.24) is 9.80 Å². The van der Waals surface area contributed by atoms with Crippen LogP contribution >= 0.6 is 0 Å². The second-order valence-corrected chi connectivity index (χ2v) is 9.17. The molecule has 2 aliphatic rings. The van der Waals surface area contributed by atoms with E-state index in [2.05, 4.69) is 94.4 Å². The highest BCUT2D eigenvalue weighted by molar-refractivity contribution is 5.56. The minimum atomic E-state index is 0.496. The highest BCUT2D eigenvalue weighted by Crippen LogP contribution is 2.31. The van der Waals surface area contributed by atoms with Crippen molar-refractivity contribution in [2.75, 3.05) is 38.2 Å². The molecule has 3 aromatic carbocycles. The first kappa shape index (κ1) is 21.0. The smallest absolute Gasteiger partial charge is 0.121 e. The van der Waals surface area contributed by atoms with Gasteiger partial charge in [0, 0.05) is 51.5 Å². The van der Waals surface area contributed by atoms with Gasteiger partial charge in [-0.3, -0.25) is 9.80 Å². The molecule has 2 aliphatic heterocycles. The van der Waals surface area contributed by atoms with Gasteiger partial charge in [0.05, 0.1) is 13.2 Å². The number of nitrogens with zero attached hydrogens (tertiary/aromatic N) is 3. The molecule has 3 aromatic rings. The third-order valence-corrected chi connectivity index (χ3v) is 6.85. The van der Waals surface area contributed by atoms with Gasteiger partial charge in [-0.25, -0.2) is 0 Å².